The standard InChI is InChI=1S/C12H25N3O3S/c1-4-10-5-7-12(8-6-10,11(13)14-16)15-19(17,18)9(2)3/h9-10,15-16H,4-8H2,1-3H3,(H2,13,14). The predicted octanol–water partition coefficient (Wildman–Crippen LogP) is 1.40. The Morgan fingerprint density at radius 2 is 2.00 bits per heavy atom. The lowest BCUT2D eigenvalue weighted by atomic mass is 9.75. The molecule has 112 valence electrons. The zero-order valence-electron chi connectivity index (χ0n) is 11.9. The molecule has 0 bridgehead atoms. The van der Waals surface area contributed by atoms with Crippen molar-refractivity contribution in [2.75, 3.05) is 0 Å². The van der Waals surface area contributed by atoms with E-state index < -0.39 is 20.8 Å². The molecule has 0 saturated heterocycles. The van der Waals surface area contributed by atoms with Gasteiger partial charge in [0.1, 0.15) is 0 Å². The van der Waals surface area contributed by atoms with E-state index in [0.29, 0.717) is 18.8 Å². The van der Waals surface area contributed by atoms with Crippen molar-refractivity contribution < 1.29 is 13.6 Å². The van der Waals surface area contributed by atoms with Crippen LogP contribution >= 0.6 is 0 Å². The molecule has 0 radical (unpaired) electrons. The third-order valence-electron chi connectivity index (χ3n) is 4.09. The van der Waals surface area contributed by atoms with Gasteiger partial charge in [-0.15, -0.1) is 0 Å². The van der Waals surface area contributed by atoms with E-state index in [1.807, 2.05) is 0 Å². The predicted molar refractivity (Wildman–Crippen MR) is 75.6 cm³/mol. The average molecular weight is 291 g/mol. The van der Waals surface area contributed by atoms with E-state index in [0.717, 1.165) is 19.3 Å². The molecule has 0 aromatic carbocycles. The Morgan fingerprint density at radius 1 is 1.47 bits per heavy atom. The molecule has 19 heavy (non-hydrogen) atoms. The van der Waals surface area contributed by atoms with Crippen LogP contribution in [0.2, 0.25) is 0 Å². The number of amidine groups is 1. The summed E-state index contributed by atoms with van der Waals surface area (Å²) in [5, 5.41) is 11.4. The monoisotopic (exact) mass is 291 g/mol. The van der Waals surface area contributed by atoms with Gasteiger partial charge in [-0.1, -0.05) is 18.5 Å². The van der Waals surface area contributed by atoms with Gasteiger partial charge in [0.2, 0.25) is 10.0 Å². The van der Waals surface area contributed by atoms with Gasteiger partial charge in [-0.05, 0) is 45.4 Å². The second-order valence-electron chi connectivity index (χ2n) is 5.61. The van der Waals surface area contributed by atoms with Crippen molar-refractivity contribution >= 4 is 15.9 Å². The van der Waals surface area contributed by atoms with Gasteiger partial charge in [-0.2, -0.15) is 0 Å². The van der Waals surface area contributed by atoms with Gasteiger partial charge in [0.15, 0.2) is 5.84 Å². The highest BCUT2D eigenvalue weighted by atomic mass is 32.2. The van der Waals surface area contributed by atoms with Crippen LogP contribution in [0.3, 0.4) is 0 Å². The molecule has 0 spiro atoms. The van der Waals surface area contributed by atoms with Crippen LogP contribution < -0.4 is 10.5 Å². The molecule has 6 nitrogen and oxygen atoms in total. The largest absolute Gasteiger partial charge is 0.409 e. The molecular formula is C12H25N3O3S. The fourth-order valence-corrected chi connectivity index (χ4v) is 3.56. The minimum Gasteiger partial charge on any atom is -0.409 e. The van der Waals surface area contributed by atoms with Crippen LogP contribution in [0.25, 0.3) is 0 Å². The summed E-state index contributed by atoms with van der Waals surface area (Å²) >= 11 is 0. The Labute approximate surface area is 115 Å². The quantitative estimate of drug-likeness (QED) is 0.308. The van der Waals surface area contributed by atoms with Gasteiger partial charge >= 0.3 is 0 Å². The number of oxime groups is 1. The number of hydrogen-bond acceptors (Lipinski definition) is 4. The van der Waals surface area contributed by atoms with E-state index in [4.69, 9.17) is 10.9 Å². The van der Waals surface area contributed by atoms with Crippen molar-refractivity contribution in [3.63, 3.8) is 0 Å². The van der Waals surface area contributed by atoms with Gasteiger partial charge in [0, 0.05) is 0 Å². The topological polar surface area (TPSA) is 105 Å². The summed E-state index contributed by atoms with van der Waals surface area (Å²) in [6.07, 6.45) is 3.99. The highest BCUT2D eigenvalue weighted by molar-refractivity contribution is 7.90. The zero-order chi connectivity index (χ0) is 14.7. The molecule has 1 rings (SSSR count). The molecule has 7 heteroatoms. The lowest BCUT2D eigenvalue weighted by Crippen LogP contribution is -2.60. The molecular weight excluding hydrogens is 266 g/mol. The van der Waals surface area contributed by atoms with Crippen LogP contribution in [0.5, 0.6) is 0 Å². The normalized spacial score (nSPS) is 29.7. The lowest BCUT2D eigenvalue weighted by molar-refractivity contribution is 0.253. The molecule has 1 aliphatic rings. The van der Waals surface area contributed by atoms with E-state index in [1.54, 1.807) is 13.8 Å². The molecule has 0 amide bonds. The molecule has 0 aromatic heterocycles. The molecule has 1 fully saturated rings. The van der Waals surface area contributed by atoms with Crippen LogP contribution in [0, 0.1) is 5.92 Å². The van der Waals surface area contributed by atoms with Gasteiger partial charge < -0.3 is 10.9 Å². The molecule has 0 aliphatic heterocycles. The van der Waals surface area contributed by atoms with Gasteiger partial charge in [0.05, 0.1) is 10.8 Å². The third-order valence-corrected chi connectivity index (χ3v) is 6.01. The van der Waals surface area contributed by atoms with Crippen LogP contribution in [0.15, 0.2) is 5.16 Å². The fourth-order valence-electron chi connectivity index (χ4n) is 2.47. The Balaban J connectivity index is 2.98. The number of nitrogens with one attached hydrogen (secondary N) is 1. The summed E-state index contributed by atoms with van der Waals surface area (Å²) in [7, 11) is -3.46. The first kappa shape index (κ1) is 16.2. The maximum atomic E-state index is 12.1. The summed E-state index contributed by atoms with van der Waals surface area (Å²) in [6.45, 7) is 5.35. The van der Waals surface area contributed by atoms with E-state index in [-0.39, 0.29) is 5.84 Å². The zero-order valence-corrected chi connectivity index (χ0v) is 12.7. The first-order valence-electron chi connectivity index (χ1n) is 6.78. The van der Waals surface area contributed by atoms with Crippen LogP contribution in [0.1, 0.15) is 52.9 Å². The van der Waals surface area contributed by atoms with Crippen molar-refractivity contribution in [3.8, 4) is 0 Å². The van der Waals surface area contributed by atoms with Crippen LogP contribution in [-0.4, -0.2) is 30.2 Å². The lowest BCUT2D eigenvalue weighted by Gasteiger charge is -2.39. The fraction of sp³-hybridized carbons (Fsp3) is 0.917. The number of rotatable bonds is 5. The Bertz CT molecular complexity index is 424. The number of hydrogen-bond donors (Lipinski definition) is 3. The van der Waals surface area contributed by atoms with Crippen molar-refractivity contribution in [3.05, 3.63) is 0 Å². The second kappa shape index (κ2) is 6.09. The van der Waals surface area contributed by atoms with E-state index in [1.165, 1.54) is 0 Å². The van der Waals surface area contributed by atoms with E-state index >= 15 is 0 Å². The summed E-state index contributed by atoms with van der Waals surface area (Å²) in [4.78, 5) is 0. The number of sulfonamides is 1. The smallest absolute Gasteiger partial charge is 0.214 e. The molecule has 0 unspecified atom stereocenters. The average Bonchev–Trinajstić information content (AvgIpc) is 2.38. The van der Waals surface area contributed by atoms with Gasteiger partial charge in [0.25, 0.3) is 0 Å². The number of nitrogens with two attached hydrogens (primary N) is 1. The SMILES string of the molecule is CCC1CCC(NS(=O)(=O)C(C)C)(/C(N)=N/O)CC1. The first-order chi connectivity index (χ1) is 8.77. The first-order valence-corrected chi connectivity index (χ1v) is 8.33. The maximum absolute atomic E-state index is 12.1. The van der Waals surface area contributed by atoms with E-state index in [9.17, 15) is 8.42 Å². The molecule has 1 saturated carbocycles. The van der Waals surface area contributed by atoms with Gasteiger partial charge in [-0.25, -0.2) is 13.1 Å². The summed E-state index contributed by atoms with van der Waals surface area (Å²) in [6, 6.07) is 0. The highest BCUT2D eigenvalue weighted by Gasteiger charge is 2.42. The third kappa shape index (κ3) is 3.60. The van der Waals surface area contributed by atoms with Crippen molar-refractivity contribution in [2.24, 2.45) is 16.8 Å². The molecule has 1 aliphatic carbocycles. The summed E-state index contributed by atoms with van der Waals surface area (Å²) < 4.78 is 26.8. The van der Waals surface area contributed by atoms with Crippen molar-refractivity contribution in [1.82, 2.24) is 4.72 Å². The molecule has 0 atom stereocenters. The van der Waals surface area contributed by atoms with Crippen LogP contribution in [-0.2, 0) is 10.0 Å². The molecule has 4 N–H and O–H groups in total. The number of nitrogens with zero attached hydrogens (tertiary/aromatic N) is 1. The highest BCUT2D eigenvalue weighted by Crippen LogP contribution is 2.34. The second-order valence-corrected chi connectivity index (χ2v) is 7.85. The Morgan fingerprint density at radius 3 is 2.37 bits per heavy atom. The van der Waals surface area contributed by atoms with Crippen molar-refractivity contribution in [2.45, 2.75) is 63.7 Å². The molecule has 0 aromatic rings. The Kier molecular flexibility index (Phi) is 5.20. The van der Waals surface area contributed by atoms with E-state index in [2.05, 4.69) is 16.8 Å². The maximum Gasteiger partial charge on any atom is 0.214 e. The minimum atomic E-state index is -3.46. The molecule has 0 heterocycles. The summed E-state index contributed by atoms with van der Waals surface area (Å²) in [5.74, 6) is 0.550. The van der Waals surface area contributed by atoms with Gasteiger partial charge in [-0.3, -0.25) is 0 Å². The summed E-state index contributed by atoms with van der Waals surface area (Å²) in [5.41, 5.74) is 4.82. The minimum absolute atomic E-state index is 0.0359. The van der Waals surface area contributed by atoms with Crippen LogP contribution in [0.4, 0.5) is 0 Å². The Hall–Kier alpha value is -0.820. The van der Waals surface area contributed by atoms with Crippen molar-refractivity contribution in [1.29, 1.82) is 0 Å².